The molecule has 0 aliphatic heterocycles. The number of thiazole rings is 1. The molecular formula is C12H14N4O2S. The third-order valence-corrected chi connectivity index (χ3v) is 5.11. The second-order valence-electron chi connectivity index (χ2n) is 5.59. The van der Waals surface area contributed by atoms with Crippen molar-refractivity contribution in [2.75, 3.05) is 11.9 Å². The zero-order valence-corrected chi connectivity index (χ0v) is 11.2. The van der Waals surface area contributed by atoms with Gasteiger partial charge in [-0.1, -0.05) is 11.3 Å². The summed E-state index contributed by atoms with van der Waals surface area (Å²) in [6.07, 6.45) is 6.84. The molecule has 1 N–H and O–H groups in total. The molecule has 2 fully saturated rings. The van der Waals surface area contributed by atoms with Crippen molar-refractivity contribution >= 4 is 27.9 Å². The number of nitrogens with one attached hydrogen (secondary N) is 1. The summed E-state index contributed by atoms with van der Waals surface area (Å²) in [6.45, 7) is 0.823. The molecule has 0 amide bonds. The maximum atomic E-state index is 11.2. The minimum absolute atomic E-state index is 0.0582. The Morgan fingerprint density at radius 1 is 1.58 bits per heavy atom. The lowest BCUT2D eigenvalue weighted by Crippen LogP contribution is -2.18. The number of hydrogen-bond acceptors (Lipinski definition) is 5. The third-order valence-electron chi connectivity index (χ3n) is 4.35. The average Bonchev–Trinajstić information content (AvgIpc) is 3.24. The van der Waals surface area contributed by atoms with E-state index >= 15 is 0 Å². The van der Waals surface area contributed by atoms with Crippen LogP contribution < -0.4 is 5.32 Å². The van der Waals surface area contributed by atoms with Gasteiger partial charge in [-0.25, -0.2) is 0 Å². The predicted octanol–water partition coefficient (Wildman–Crippen LogP) is 2.91. The Morgan fingerprint density at radius 3 is 3.00 bits per heavy atom. The van der Waals surface area contributed by atoms with Gasteiger partial charge in [0.15, 0.2) is 0 Å². The Morgan fingerprint density at radius 2 is 2.37 bits per heavy atom. The van der Waals surface area contributed by atoms with E-state index in [9.17, 15) is 10.1 Å². The first kappa shape index (κ1) is 11.2. The second kappa shape index (κ2) is 3.69. The van der Waals surface area contributed by atoms with Crippen molar-refractivity contribution in [2.24, 2.45) is 11.3 Å². The van der Waals surface area contributed by atoms with Crippen molar-refractivity contribution in [1.29, 1.82) is 0 Å². The molecule has 0 radical (unpaired) electrons. The number of anilines is 1. The van der Waals surface area contributed by atoms with Gasteiger partial charge in [0.25, 0.3) is 4.96 Å². The van der Waals surface area contributed by atoms with Gasteiger partial charge in [-0.05, 0) is 41.9 Å². The summed E-state index contributed by atoms with van der Waals surface area (Å²) in [5.41, 5.74) is 0.408. The van der Waals surface area contributed by atoms with Gasteiger partial charge in [0.1, 0.15) is 6.20 Å². The molecule has 2 aromatic rings. The SMILES string of the molecule is O=[N+]([O-])c1c(NCC2(C3CC3)CC2)nc2sccn12. The predicted molar refractivity (Wildman–Crippen MR) is 72.6 cm³/mol. The summed E-state index contributed by atoms with van der Waals surface area (Å²) in [7, 11) is 0. The van der Waals surface area contributed by atoms with Crippen LogP contribution in [0.5, 0.6) is 0 Å². The van der Waals surface area contributed by atoms with Crippen LogP contribution in [0.2, 0.25) is 0 Å². The van der Waals surface area contributed by atoms with Crippen molar-refractivity contribution in [1.82, 2.24) is 9.38 Å². The normalized spacial score (nSPS) is 20.6. The molecule has 2 heterocycles. The lowest BCUT2D eigenvalue weighted by Gasteiger charge is -2.14. The first-order chi connectivity index (χ1) is 9.20. The average molecular weight is 278 g/mol. The Balaban J connectivity index is 1.61. The first-order valence-electron chi connectivity index (χ1n) is 6.53. The first-order valence-corrected chi connectivity index (χ1v) is 7.41. The fourth-order valence-corrected chi connectivity index (χ4v) is 3.62. The summed E-state index contributed by atoms with van der Waals surface area (Å²) in [6, 6.07) is 0. The molecule has 0 unspecified atom stereocenters. The lowest BCUT2D eigenvalue weighted by atomic mass is 10.0. The molecule has 4 rings (SSSR count). The smallest absolute Gasteiger partial charge is 0.362 e. The highest BCUT2D eigenvalue weighted by Crippen LogP contribution is 2.61. The molecule has 2 aromatic heterocycles. The Bertz CT molecular complexity index is 654. The van der Waals surface area contributed by atoms with Crippen LogP contribution in [-0.2, 0) is 0 Å². The molecule has 0 atom stereocenters. The minimum atomic E-state index is -0.355. The Labute approximate surface area is 113 Å². The van der Waals surface area contributed by atoms with Crippen LogP contribution in [0.15, 0.2) is 11.6 Å². The highest BCUT2D eigenvalue weighted by molar-refractivity contribution is 7.15. The van der Waals surface area contributed by atoms with Crippen molar-refractivity contribution in [3.8, 4) is 0 Å². The number of aromatic nitrogens is 2. The summed E-state index contributed by atoms with van der Waals surface area (Å²) < 4.78 is 1.55. The number of hydrogen-bond donors (Lipinski definition) is 1. The van der Waals surface area contributed by atoms with Gasteiger partial charge in [-0.15, -0.1) is 0 Å². The van der Waals surface area contributed by atoms with Gasteiger partial charge in [0.05, 0.1) is 0 Å². The molecule has 2 aliphatic rings. The molecule has 2 saturated carbocycles. The van der Waals surface area contributed by atoms with Gasteiger partial charge < -0.3 is 15.4 Å². The van der Waals surface area contributed by atoms with Crippen molar-refractivity contribution < 1.29 is 4.92 Å². The maximum Gasteiger partial charge on any atom is 0.372 e. The number of nitrogens with zero attached hydrogens (tertiary/aromatic N) is 3. The second-order valence-corrected chi connectivity index (χ2v) is 6.46. The van der Waals surface area contributed by atoms with Gasteiger partial charge in [0, 0.05) is 11.9 Å². The largest absolute Gasteiger partial charge is 0.372 e. The number of rotatable bonds is 5. The summed E-state index contributed by atoms with van der Waals surface area (Å²) in [4.78, 5) is 15.8. The van der Waals surface area contributed by atoms with E-state index in [2.05, 4.69) is 10.3 Å². The van der Waals surface area contributed by atoms with E-state index in [-0.39, 0.29) is 10.7 Å². The molecule has 0 spiro atoms. The lowest BCUT2D eigenvalue weighted by molar-refractivity contribution is -0.389. The van der Waals surface area contributed by atoms with E-state index in [4.69, 9.17) is 0 Å². The highest BCUT2D eigenvalue weighted by atomic mass is 32.1. The van der Waals surface area contributed by atoms with Crippen molar-refractivity contribution in [3.63, 3.8) is 0 Å². The fraction of sp³-hybridized carbons (Fsp3) is 0.583. The summed E-state index contributed by atoms with van der Waals surface area (Å²) >= 11 is 1.41. The number of fused-ring (bicyclic) bond motifs is 1. The van der Waals surface area contributed by atoms with Crippen LogP contribution in [0.4, 0.5) is 11.6 Å². The minimum Gasteiger partial charge on any atom is -0.362 e. The van der Waals surface area contributed by atoms with Gasteiger partial charge in [0.2, 0.25) is 5.82 Å². The fourth-order valence-electron chi connectivity index (χ4n) is 2.91. The Kier molecular flexibility index (Phi) is 2.18. The van der Waals surface area contributed by atoms with E-state index in [1.54, 1.807) is 10.6 Å². The van der Waals surface area contributed by atoms with Crippen LogP contribution in [0, 0.1) is 21.4 Å². The van der Waals surface area contributed by atoms with Crippen LogP contribution in [0.1, 0.15) is 25.7 Å². The van der Waals surface area contributed by atoms with E-state index < -0.39 is 0 Å². The standard InChI is InChI=1S/C12H14N4O2S/c17-16(18)10-9(14-11-15(10)5-6-19-11)13-7-12(3-4-12)8-1-2-8/h5-6,8,13H,1-4,7H2. The molecule has 0 aromatic carbocycles. The maximum absolute atomic E-state index is 11.2. The van der Waals surface area contributed by atoms with Crippen LogP contribution in [0.25, 0.3) is 4.96 Å². The van der Waals surface area contributed by atoms with E-state index in [1.165, 1.54) is 37.0 Å². The number of imidazole rings is 1. The van der Waals surface area contributed by atoms with E-state index in [0.717, 1.165) is 12.5 Å². The highest BCUT2D eigenvalue weighted by Gasteiger charge is 2.53. The van der Waals surface area contributed by atoms with E-state index in [1.807, 2.05) is 5.38 Å². The molecule has 0 saturated heterocycles. The molecular weight excluding hydrogens is 264 g/mol. The number of nitro groups is 1. The summed E-state index contributed by atoms with van der Waals surface area (Å²) in [5, 5.41) is 16.2. The zero-order chi connectivity index (χ0) is 13.0. The van der Waals surface area contributed by atoms with Crippen LogP contribution >= 0.6 is 11.3 Å². The van der Waals surface area contributed by atoms with Gasteiger partial charge in [-0.2, -0.15) is 9.38 Å². The molecule has 2 aliphatic carbocycles. The van der Waals surface area contributed by atoms with E-state index in [0.29, 0.717) is 16.2 Å². The topological polar surface area (TPSA) is 72.5 Å². The Hall–Kier alpha value is -1.63. The monoisotopic (exact) mass is 278 g/mol. The molecule has 0 bridgehead atoms. The van der Waals surface area contributed by atoms with Gasteiger partial charge >= 0.3 is 5.82 Å². The summed E-state index contributed by atoms with van der Waals surface area (Å²) in [5.74, 6) is 1.31. The molecule has 100 valence electrons. The van der Waals surface area contributed by atoms with Crippen molar-refractivity contribution in [2.45, 2.75) is 25.7 Å². The molecule has 7 heteroatoms. The molecule has 6 nitrogen and oxygen atoms in total. The quantitative estimate of drug-likeness (QED) is 0.674. The van der Waals surface area contributed by atoms with Crippen molar-refractivity contribution in [3.05, 3.63) is 21.7 Å². The van der Waals surface area contributed by atoms with Crippen LogP contribution in [0.3, 0.4) is 0 Å². The zero-order valence-electron chi connectivity index (χ0n) is 10.3. The van der Waals surface area contributed by atoms with Crippen LogP contribution in [-0.4, -0.2) is 20.9 Å². The molecule has 19 heavy (non-hydrogen) atoms. The van der Waals surface area contributed by atoms with Gasteiger partial charge in [-0.3, -0.25) is 0 Å². The third kappa shape index (κ3) is 1.72.